The predicted octanol–water partition coefficient (Wildman–Crippen LogP) is 6.68. The molecule has 0 unspecified atom stereocenters. The van der Waals surface area contributed by atoms with Gasteiger partial charge in [0.2, 0.25) is 0 Å². The molecule has 28 heavy (non-hydrogen) atoms. The Kier molecular flexibility index (Phi) is 2.44. The SMILES string of the molecule is Fc1ccc2c3ccc4ccnc5c6cc7ccccc7cc6n(c2c1)c3c45. The minimum Gasteiger partial charge on any atom is -0.308 e. The summed E-state index contributed by atoms with van der Waals surface area (Å²) in [6.45, 7) is 0. The highest BCUT2D eigenvalue weighted by molar-refractivity contribution is 6.28. The first kappa shape index (κ1) is 14.4. The van der Waals surface area contributed by atoms with E-state index in [9.17, 15) is 4.39 Å². The van der Waals surface area contributed by atoms with E-state index in [1.807, 2.05) is 24.4 Å². The number of hydrogen-bond acceptors (Lipinski definition) is 1. The van der Waals surface area contributed by atoms with Gasteiger partial charge >= 0.3 is 0 Å². The molecular weight excluding hydrogens is 347 g/mol. The van der Waals surface area contributed by atoms with Crippen LogP contribution in [0.1, 0.15) is 0 Å². The van der Waals surface area contributed by atoms with Gasteiger partial charge in [-0.1, -0.05) is 36.4 Å². The van der Waals surface area contributed by atoms with Crippen molar-refractivity contribution in [3.63, 3.8) is 0 Å². The molecule has 0 radical (unpaired) electrons. The van der Waals surface area contributed by atoms with Gasteiger partial charge in [-0.15, -0.1) is 0 Å². The van der Waals surface area contributed by atoms with Gasteiger partial charge in [0.05, 0.1) is 22.1 Å². The summed E-state index contributed by atoms with van der Waals surface area (Å²) in [4.78, 5) is 4.77. The number of halogens is 1. The number of benzene rings is 4. The summed E-state index contributed by atoms with van der Waals surface area (Å²) in [6, 6.07) is 24.2. The summed E-state index contributed by atoms with van der Waals surface area (Å²) in [5.41, 5.74) is 4.07. The summed E-state index contributed by atoms with van der Waals surface area (Å²) in [7, 11) is 0. The van der Waals surface area contributed by atoms with E-state index in [1.165, 1.54) is 10.8 Å². The fraction of sp³-hybridized carbons (Fsp3) is 0. The lowest BCUT2D eigenvalue weighted by Crippen LogP contribution is -1.94. The van der Waals surface area contributed by atoms with Crippen molar-refractivity contribution in [3.8, 4) is 0 Å². The van der Waals surface area contributed by atoms with Crippen molar-refractivity contribution in [2.24, 2.45) is 0 Å². The molecule has 0 atom stereocenters. The molecule has 0 aliphatic rings. The van der Waals surface area contributed by atoms with Crippen LogP contribution in [0.25, 0.3) is 59.8 Å². The third kappa shape index (κ3) is 1.61. The second-order valence-electron chi connectivity index (χ2n) is 7.43. The van der Waals surface area contributed by atoms with Crippen LogP contribution in [0.5, 0.6) is 0 Å². The first-order valence-electron chi connectivity index (χ1n) is 9.34. The third-order valence-corrected chi connectivity index (χ3v) is 5.98. The average Bonchev–Trinajstić information content (AvgIpc) is 3.06. The van der Waals surface area contributed by atoms with E-state index in [4.69, 9.17) is 4.98 Å². The zero-order chi connectivity index (χ0) is 18.4. The Bertz CT molecular complexity index is 1730. The molecule has 3 aromatic heterocycles. The monoisotopic (exact) mass is 360 g/mol. The van der Waals surface area contributed by atoms with Crippen LogP contribution in [0.3, 0.4) is 0 Å². The van der Waals surface area contributed by atoms with E-state index in [0.717, 1.165) is 49.0 Å². The van der Waals surface area contributed by atoms with Crippen LogP contribution in [-0.4, -0.2) is 9.38 Å². The van der Waals surface area contributed by atoms with Crippen LogP contribution in [0.15, 0.2) is 79.0 Å². The third-order valence-electron chi connectivity index (χ3n) is 5.98. The minimum absolute atomic E-state index is 0.220. The molecule has 0 saturated carbocycles. The van der Waals surface area contributed by atoms with Crippen molar-refractivity contribution in [2.75, 3.05) is 0 Å². The molecule has 0 fully saturated rings. The van der Waals surface area contributed by atoms with Crippen molar-refractivity contribution in [3.05, 3.63) is 84.8 Å². The second-order valence-corrected chi connectivity index (χ2v) is 7.43. The van der Waals surface area contributed by atoms with Gasteiger partial charge in [0.15, 0.2) is 0 Å². The Morgan fingerprint density at radius 3 is 2.36 bits per heavy atom. The van der Waals surface area contributed by atoms with Gasteiger partial charge in [0.25, 0.3) is 0 Å². The first-order chi connectivity index (χ1) is 13.8. The van der Waals surface area contributed by atoms with Crippen LogP contribution in [0, 0.1) is 5.82 Å². The zero-order valence-electron chi connectivity index (χ0n) is 14.8. The van der Waals surface area contributed by atoms with Crippen molar-refractivity contribution in [1.82, 2.24) is 9.38 Å². The van der Waals surface area contributed by atoms with Gasteiger partial charge in [-0.05, 0) is 52.6 Å². The fourth-order valence-electron chi connectivity index (χ4n) is 4.80. The van der Waals surface area contributed by atoms with E-state index >= 15 is 0 Å². The maximum absolute atomic E-state index is 14.2. The Morgan fingerprint density at radius 2 is 1.46 bits per heavy atom. The van der Waals surface area contributed by atoms with E-state index in [0.29, 0.717) is 0 Å². The molecule has 2 nitrogen and oxygen atoms in total. The quantitative estimate of drug-likeness (QED) is 0.218. The summed E-state index contributed by atoms with van der Waals surface area (Å²) >= 11 is 0. The molecular formula is C25H13FN2. The normalized spacial score (nSPS) is 12.5. The molecule has 3 heteroatoms. The summed E-state index contributed by atoms with van der Waals surface area (Å²) in [5, 5.41) is 7.92. The molecule has 4 aromatic carbocycles. The maximum Gasteiger partial charge on any atom is 0.125 e. The van der Waals surface area contributed by atoms with Gasteiger partial charge in [-0.25, -0.2) is 4.39 Å². The molecule has 0 spiro atoms. The van der Waals surface area contributed by atoms with E-state index in [1.54, 1.807) is 12.1 Å². The molecule has 0 N–H and O–H groups in total. The lowest BCUT2D eigenvalue weighted by atomic mass is 10.0. The highest BCUT2D eigenvalue weighted by Crippen LogP contribution is 2.41. The molecule has 0 aliphatic heterocycles. The second kappa shape index (κ2) is 4.76. The predicted molar refractivity (Wildman–Crippen MR) is 114 cm³/mol. The fourth-order valence-corrected chi connectivity index (χ4v) is 4.80. The van der Waals surface area contributed by atoms with Crippen LogP contribution in [-0.2, 0) is 0 Å². The number of hydrogen-bond donors (Lipinski definition) is 0. The van der Waals surface area contributed by atoms with Gasteiger partial charge < -0.3 is 4.40 Å². The molecule has 3 heterocycles. The molecule has 0 saturated heterocycles. The van der Waals surface area contributed by atoms with Crippen molar-refractivity contribution < 1.29 is 4.39 Å². The Balaban J connectivity index is 1.94. The molecule has 7 aromatic rings. The Labute approximate surface area is 158 Å². The van der Waals surface area contributed by atoms with E-state index in [-0.39, 0.29) is 5.82 Å². The number of rotatable bonds is 0. The van der Waals surface area contributed by atoms with Crippen molar-refractivity contribution in [1.29, 1.82) is 0 Å². The maximum atomic E-state index is 14.2. The standard InChI is InChI=1S/C25H13FN2/c26-17-6-8-18-19-7-5-14-9-10-27-24-20-11-15-3-1-2-4-16(15)12-21(20)28(22(18)13-17)25(19)23(14)24/h1-13H. The average molecular weight is 360 g/mol. The Hall–Kier alpha value is -3.72. The smallest absolute Gasteiger partial charge is 0.125 e. The number of aromatic nitrogens is 2. The van der Waals surface area contributed by atoms with Crippen LogP contribution in [0.4, 0.5) is 4.39 Å². The van der Waals surface area contributed by atoms with Crippen molar-refractivity contribution in [2.45, 2.75) is 0 Å². The number of nitrogens with zero attached hydrogens (tertiary/aromatic N) is 2. The van der Waals surface area contributed by atoms with Gasteiger partial charge in [0, 0.05) is 27.7 Å². The van der Waals surface area contributed by atoms with E-state index in [2.05, 4.69) is 46.9 Å². The molecule has 7 rings (SSSR count). The topological polar surface area (TPSA) is 17.3 Å². The Morgan fingerprint density at radius 1 is 0.679 bits per heavy atom. The number of fused-ring (bicyclic) bond motifs is 7. The van der Waals surface area contributed by atoms with Gasteiger partial charge in [0.1, 0.15) is 5.82 Å². The highest BCUT2D eigenvalue weighted by atomic mass is 19.1. The van der Waals surface area contributed by atoms with Gasteiger partial charge in [-0.2, -0.15) is 0 Å². The van der Waals surface area contributed by atoms with Crippen molar-refractivity contribution >= 4 is 59.8 Å². The van der Waals surface area contributed by atoms with Crippen LogP contribution in [0.2, 0.25) is 0 Å². The molecule has 0 amide bonds. The highest BCUT2D eigenvalue weighted by Gasteiger charge is 2.19. The van der Waals surface area contributed by atoms with Gasteiger partial charge in [-0.3, -0.25) is 4.98 Å². The minimum atomic E-state index is -0.220. The largest absolute Gasteiger partial charge is 0.308 e. The first-order valence-corrected chi connectivity index (χ1v) is 9.34. The summed E-state index contributed by atoms with van der Waals surface area (Å²) in [5.74, 6) is -0.220. The van der Waals surface area contributed by atoms with E-state index < -0.39 is 0 Å². The molecule has 130 valence electrons. The number of pyridine rings is 2. The zero-order valence-corrected chi connectivity index (χ0v) is 14.8. The molecule has 0 bridgehead atoms. The lowest BCUT2D eigenvalue weighted by Gasteiger charge is -2.13. The van der Waals surface area contributed by atoms with Crippen LogP contribution >= 0.6 is 0 Å². The molecule has 0 aliphatic carbocycles. The van der Waals surface area contributed by atoms with Crippen LogP contribution < -0.4 is 0 Å². The summed E-state index contributed by atoms with van der Waals surface area (Å²) < 4.78 is 16.4. The summed E-state index contributed by atoms with van der Waals surface area (Å²) in [6.07, 6.45) is 1.88. The lowest BCUT2D eigenvalue weighted by molar-refractivity contribution is 0.629.